The summed E-state index contributed by atoms with van der Waals surface area (Å²) in [5.74, 6) is -0.784. The van der Waals surface area contributed by atoms with Crippen molar-refractivity contribution in [3.63, 3.8) is 0 Å². The Balaban J connectivity index is 3.02. The van der Waals surface area contributed by atoms with Crippen molar-refractivity contribution in [3.8, 4) is 0 Å². The predicted molar refractivity (Wildman–Crippen MR) is 54.0 cm³/mol. The number of rotatable bonds is 3. The number of hydrogen-bond donors (Lipinski definition) is 1. The average Bonchev–Trinajstić information content (AvgIpc) is 2.15. The molecule has 66 valence electrons. The molecule has 3 nitrogen and oxygen atoms in total. The monoisotopic (exact) mass is 212 g/mol. The van der Waals surface area contributed by atoms with E-state index >= 15 is 0 Å². The van der Waals surface area contributed by atoms with Gasteiger partial charge in [-0.05, 0) is 16.8 Å². The Morgan fingerprint density at radius 2 is 2.08 bits per heavy atom. The van der Waals surface area contributed by atoms with Gasteiger partial charge >= 0.3 is 13.8 Å². The van der Waals surface area contributed by atoms with Crippen molar-refractivity contribution in [2.24, 2.45) is 4.99 Å². The molecule has 1 aromatic carbocycles. The molecule has 0 radical (unpaired) electrons. The first-order valence-electron chi connectivity index (χ1n) is 3.53. The van der Waals surface area contributed by atoms with E-state index in [1.165, 1.54) is 0 Å². The molecule has 1 N–H and O–H groups in total. The minimum absolute atomic E-state index is 0.670. The van der Waals surface area contributed by atoms with Crippen LogP contribution in [0, 0.1) is 0 Å². The highest BCUT2D eigenvalue weighted by Crippen LogP contribution is 2.37. The fourth-order valence-electron chi connectivity index (χ4n) is 0.927. The zero-order valence-electron chi connectivity index (χ0n) is 6.62. The fourth-order valence-corrected chi connectivity index (χ4v) is 1.69. The van der Waals surface area contributed by atoms with Crippen LogP contribution in [-0.4, -0.2) is 10.1 Å². The molecule has 0 amide bonds. The molecule has 0 bridgehead atoms. The fraction of sp³-hybridized carbons (Fsp3) is 0.125. The van der Waals surface area contributed by atoms with Crippen LogP contribution in [0.5, 0.6) is 0 Å². The Morgan fingerprint density at radius 3 is 2.54 bits per heavy atom. The van der Waals surface area contributed by atoms with Crippen molar-refractivity contribution in [1.29, 1.82) is 0 Å². The first-order chi connectivity index (χ1) is 6.25. The van der Waals surface area contributed by atoms with Crippen LogP contribution >= 0.6 is 20.2 Å². The summed E-state index contributed by atoms with van der Waals surface area (Å²) in [7, 11) is -2.39. The Kier molecular flexibility index (Phi) is 3.87. The maximum atomic E-state index is 10.9. The number of hydrogen-bond acceptors (Lipinski definition) is 3. The zero-order valence-corrected chi connectivity index (χ0v) is 8.33. The van der Waals surface area contributed by atoms with Gasteiger partial charge in [0.2, 0.25) is 0 Å². The van der Waals surface area contributed by atoms with E-state index in [0.29, 0.717) is 5.56 Å². The standard InChI is InChI=1S/C8H6NO2PS/c10-12(11)8(9-6-13)7-4-2-1-3-5-7/h1-5,8H/p+1. The van der Waals surface area contributed by atoms with Gasteiger partial charge in [0, 0.05) is 5.56 Å². The van der Waals surface area contributed by atoms with Gasteiger partial charge in [-0.3, -0.25) is 0 Å². The normalized spacial score (nSPS) is 12.8. The molecular weight excluding hydrogens is 205 g/mol. The van der Waals surface area contributed by atoms with E-state index in [-0.39, 0.29) is 0 Å². The van der Waals surface area contributed by atoms with Gasteiger partial charge in [0.25, 0.3) is 0 Å². The number of thiocarbonyl (C=S) groups is 1. The second-order valence-electron chi connectivity index (χ2n) is 2.31. The second-order valence-corrected chi connectivity index (χ2v) is 3.58. The maximum absolute atomic E-state index is 10.9. The number of benzene rings is 1. The molecular formula is C8H7NO2PS+. The molecule has 0 aliphatic carbocycles. The molecule has 1 aromatic rings. The molecule has 0 fully saturated rings. The van der Waals surface area contributed by atoms with E-state index < -0.39 is 13.8 Å². The Morgan fingerprint density at radius 1 is 1.46 bits per heavy atom. The van der Waals surface area contributed by atoms with Crippen LogP contribution in [0.3, 0.4) is 0 Å². The van der Waals surface area contributed by atoms with Crippen LogP contribution in [0.1, 0.15) is 11.3 Å². The molecule has 0 spiro atoms. The summed E-state index contributed by atoms with van der Waals surface area (Å²) in [6.07, 6.45) is 0. The van der Waals surface area contributed by atoms with Crippen molar-refractivity contribution in [2.45, 2.75) is 5.78 Å². The van der Waals surface area contributed by atoms with Crippen LogP contribution in [0.4, 0.5) is 0 Å². The molecule has 0 aliphatic rings. The third-order valence-corrected chi connectivity index (χ3v) is 2.42. The molecule has 13 heavy (non-hydrogen) atoms. The lowest BCUT2D eigenvalue weighted by Crippen LogP contribution is -1.88. The molecule has 0 aromatic heterocycles. The van der Waals surface area contributed by atoms with E-state index in [1.54, 1.807) is 24.3 Å². The molecule has 5 heteroatoms. The average molecular weight is 212 g/mol. The SMILES string of the molecule is O=[P+](O)C(N=C=S)c1ccccc1. The lowest BCUT2D eigenvalue weighted by molar-refractivity contribution is 0.492. The van der Waals surface area contributed by atoms with Crippen molar-refractivity contribution in [1.82, 2.24) is 0 Å². The van der Waals surface area contributed by atoms with Crippen molar-refractivity contribution in [3.05, 3.63) is 35.9 Å². The van der Waals surface area contributed by atoms with Crippen molar-refractivity contribution >= 4 is 25.4 Å². The molecule has 0 saturated heterocycles. The van der Waals surface area contributed by atoms with E-state index in [1.807, 2.05) is 6.07 Å². The van der Waals surface area contributed by atoms with Gasteiger partial charge in [-0.2, -0.15) is 9.89 Å². The zero-order chi connectivity index (χ0) is 9.68. The smallest absolute Gasteiger partial charge is 0.170 e. The largest absolute Gasteiger partial charge is 0.538 e. The Hall–Kier alpha value is -0.920. The van der Waals surface area contributed by atoms with E-state index in [4.69, 9.17) is 4.89 Å². The van der Waals surface area contributed by atoms with Crippen molar-refractivity contribution in [2.75, 3.05) is 0 Å². The van der Waals surface area contributed by atoms with E-state index in [2.05, 4.69) is 22.4 Å². The number of aliphatic imine (C=N–C) groups is 1. The first kappa shape index (κ1) is 10.2. The second kappa shape index (κ2) is 4.95. The van der Waals surface area contributed by atoms with Gasteiger partial charge < -0.3 is 0 Å². The molecule has 2 unspecified atom stereocenters. The minimum Gasteiger partial charge on any atom is -0.170 e. The van der Waals surface area contributed by atoms with Gasteiger partial charge in [-0.15, -0.1) is 0 Å². The summed E-state index contributed by atoms with van der Waals surface area (Å²) in [5, 5.41) is 2.11. The summed E-state index contributed by atoms with van der Waals surface area (Å²) in [6, 6.07) is 8.83. The Labute approximate surface area is 82.0 Å². The van der Waals surface area contributed by atoms with Crippen molar-refractivity contribution < 1.29 is 9.46 Å². The van der Waals surface area contributed by atoms with Gasteiger partial charge in [-0.25, -0.2) is 0 Å². The summed E-state index contributed by atoms with van der Waals surface area (Å²) < 4.78 is 10.9. The molecule has 1 rings (SSSR count). The third-order valence-electron chi connectivity index (χ3n) is 1.48. The van der Waals surface area contributed by atoms with Gasteiger partial charge in [0.05, 0.1) is 5.16 Å². The maximum Gasteiger partial charge on any atom is 0.538 e. The van der Waals surface area contributed by atoms with E-state index in [0.717, 1.165) is 0 Å². The van der Waals surface area contributed by atoms with Crippen LogP contribution in [-0.2, 0) is 4.57 Å². The Bertz CT molecular complexity index is 346. The van der Waals surface area contributed by atoms with Crippen LogP contribution in [0.2, 0.25) is 0 Å². The molecule has 2 atom stereocenters. The van der Waals surface area contributed by atoms with Gasteiger partial charge in [0.15, 0.2) is 0 Å². The summed E-state index contributed by atoms with van der Waals surface area (Å²) >= 11 is 4.39. The van der Waals surface area contributed by atoms with Crippen LogP contribution < -0.4 is 0 Å². The topological polar surface area (TPSA) is 49.7 Å². The minimum atomic E-state index is -2.39. The lowest BCUT2D eigenvalue weighted by Gasteiger charge is -1.96. The summed E-state index contributed by atoms with van der Waals surface area (Å²) in [4.78, 5) is 12.6. The van der Waals surface area contributed by atoms with Crippen LogP contribution in [0.25, 0.3) is 0 Å². The molecule has 0 aliphatic heterocycles. The number of nitrogens with zero attached hydrogens (tertiary/aromatic N) is 1. The van der Waals surface area contributed by atoms with Crippen LogP contribution in [0.15, 0.2) is 35.3 Å². The van der Waals surface area contributed by atoms with Gasteiger partial charge in [-0.1, -0.05) is 30.3 Å². The highest BCUT2D eigenvalue weighted by atomic mass is 32.1. The number of isothiocyanates is 1. The summed E-state index contributed by atoms with van der Waals surface area (Å²) in [6.45, 7) is 0. The highest BCUT2D eigenvalue weighted by molar-refractivity contribution is 7.78. The quantitative estimate of drug-likeness (QED) is 0.475. The van der Waals surface area contributed by atoms with Gasteiger partial charge in [0.1, 0.15) is 0 Å². The molecule has 0 heterocycles. The van der Waals surface area contributed by atoms with E-state index in [9.17, 15) is 4.57 Å². The lowest BCUT2D eigenvalue weighted by atomic mass is 10.2. The summed E-state index contributed by atoms with van der Waals surface area (Å²) in [5.41, 5.74) is 0.670. The first-order valence-corrected chi connectivity index (χ1v) is 5.22. The predicted octanol–water partition coefficient (Wildman–Crippen LogP) is 2.52. The highest BCUT2D eigenvalue weighted by Gasteiger charge is 2.29. The molecule has 0 saturated carbocycles. The third kappa shape index (κ3) is 2.79.